The van der Waals surface area contributed by atoms with E-state index in [1.807, 2.05) is 6.92 Å². The minimum Gasteiger partial charge on any atom is -0.469 e. The minimum atomic E-state index is -0.694. The maximum Gasteiger partial charge on any atom is 0.311 e. The lowest BCUT2D eigenvalue weighted by Gasteiger charge is -2.22. The summed E-state index contributed by atoms with van der Waals surface area (Å²) in [6.07, 6.45) is 2.19. The molecule has 0 aliphatic carbocycles. The van der Waals surface area contributed by atoms with Crippen molar-refractivity contribution in [3.63, 3.8) is 0 Å². The van der Waals surface area contributed by atoms with Gasteiger partial charge in [0.1, 0.15) is 0 Å². The highest BCUT2D eigenvalue weighted by molar-refractivity contribution is 6.14. The van der Waals surface area contributed by atoms with E-state index in [0.29, 0.717) is 17.7 Å². The molecule has 1 rings (SSSR count). The summed E-state index contributed by atoms with van der Waals surface area (Å²) in [7, 11) is 6.57. The molecule has 0 N–H and O–H groups in total. The van der Waals surface area contributed by atoms with Gasteiger partial charge in [0.2, 0.25) is 0 Å². The molecule has 0 aromatic carbocycles. The Morgan fingerprint density at radius 1 is 1.35 bits per heavy atom. The molecule has 1 aromatic heterocycles. The zero-order valence-corrected chi connectivity index (χ0v) is 15.4. The van der Waals surface area contributed by atoms with Gasteiger partial charge < -0.3 is 9.47 Å². The van der Waals surface area contributed by atoms with Crippen molar-refractivity contribution in [2.75, 3.05) is 14.2 Å². The Balaban J connectivity index is 2.91. The van der Waals surface area contributed by atoms with Crippen LogP contribution < -0.4 is 0 Å². The van der Waals surface area contributed by atoms with Gasteiger partial charge in [0.25, 0.3) is 0 Å². The van der Waals surface area contributed by atoms with Gasteiger partial charge in [-0.25, -0.2) is 0 Å². The fraction of sp³-hybridized carbons (Fsp3) is 0.588. The molecule has 1 heterocycles. The fourth-order valence-corrected chi connectivity index (χ4v) is 2.56. The van der Waals surface area contributed by atoms with E-state index in [4.69, 9.17) is 9.47 Å². The number of hydrogen-bond donors (Lipinski definition) is 0. The molecular formula is C17H24NO4Si. The van der Waals surface area contributed by atoms with Crippen molar-refractivity contribution in [2.45, 2.75) is 45.3 Å². The van der Waals surface area contributed by atoms with Crippen LogP contribution in [0.2, 0.25) is 0 Å². The smallest absolute Gasteiger partial charge is 0.311 e. The number of Topliss-reactive ketones (excluding diaryl/α,β-unsaturated/α-hetero) is 1. The first-order valence-electron chi connectivity index (χ1n) is 7.55. The van der Waals surface area contributed by atoms with Crippen LogP contribution >= 0.6 is 0 Å². The highest BCUT2D eigenvalue weighted by atomic mass is 28.1. The van der Waals surface area contributed by atoms with Crippen LogP contribution in [0.1, 0.15) is 55.2 Å². The van der Waals surface area contributed by atoms with E-state index in [-0.39, 0.29) is 29.8 Å². The minimum absolute atomic E-state index is 0.0448. The molecule has 125 valence electrons. The van der Waals surface area contributed by atoms with Crippen molar-refractivity contribution < 1.29 is 19.1 Å². The van der Waals surface area contributed by atoms with Gasteiger partial charge in [-0.05, 0) is 39.3 Å². The number of carbonyl (C=O) groups is 2. The molecule has 0 aliphatic heterocycles. The van der Waals surface area contributed by atoms with E-state index < -0.39 is 5.41 Å². The summed E-state index contributed by atoms with van der Waals surface area (Å²) >= 11 is 0. The number of ether oxygens (including phenoxy) is 2. The molecule has 0 aliphatic rings. The van der Waals surface area contributed by atoms with Crippen LogP contribution in [0.5, 0.6) is 0 Å². The number of rotatable bonds is 8. The molecule has 0 saturated carbocycles. The zero-order chi connectivity index (χ0) is 17.6. The molecule has 0 amide bonds. The maximum absolute atomic E-state index is 12.6. The lowest BCUT2D eigenvalue weighted by molar-refractivity contribution is -0.151. The number of aromatic nitrogens is 1. The summed E-state index contributed by atoms with van der Waals surface area (Å²) in [6, 6.07) is 3.49. The van der Waals surface area contributed by atoms with Crippen molar-refractivity contribution in [3.8, 4) is 0 Å². The van der Waals surface area contributed by atoms with Crippen LogP contribution in [0.3, 0.4) is 0 Å². The van der Waals surface area contributed by atoms with Crippen LogP contribution in [-0.2, 0) is 14.3 Å². The quantitative estimate of drug-likeness (QED) is 0.415. The van der Waals surface area contributed by atoms with Crippen LogP contribution in [0, 0.1) is 5.41 Å². The first kappa shape index (κ1) is 19.5. The van der Waals surface area contributed by atoms with Gasteiger partial charge in [0, 0.05) is 41.1 Å². The van der Waals surface area contributed by atoms with Crippen LogP contribution in [0.25, 0.3) is 0 Å². The second-order valence-corrected chi connectivity index (χ2v) is 6.78. The van der Waals surface area contributed by atoms with Crippen molar-refractivity contribution in [1.29, 1.82) is 0 Å². The molecule has 2 atom stereocenters. The third-order valence-corrected chi connectivity index (χ3v) is 4.73. The molecule has 6 heteroatoms. The summed E-state index contributed by atoms with van der Waals surface area (Å²) in [6.45, 7) is 5.45. The van der Waals surface area contributed by atoms with Gasteiger partial charge >= 0.3 is 5.97 Å². The Morgan fingerprint density at radius 3 is 2.57 bits per heavy atom. The normalized spacial score (nSPS) is 14.2. The fourth-order valence-electron chi connectivity index (χ4n) is 2.20. The lowest BCUT2D eigenvalue weighted by atomic mass is 9.86. The topological polar surface area (TPSA) is 65.5 Å². The summed E-state index contributed by atoms with van der Waals surface area (Å²) < 4.78 is 10.1. The first-order chi connectivity index (χ1) is 10.7. The van der Waals surface area contributed by atoms with Gasteiger partial charge in [0.05, 0.1) is 24.3 Å². The average Bonchev–Trinajstić information content (AvgIpc) is 2.57. The van der Waals surface area contributed by atoms with E-state index in [1.54, 1.807) is 39.3 Å². The predicted molar refractivity (Wildman–Crippen MR) is 88.6 cm³/mol. The largest absolute Gasteiger partial charge is 0.469 e. The standard InChI is InChI=1S/C17H24NO4Si/c1-11(21-4)15(23)14-12(7-6-10-18-14)13(19)8-9-17(2,3)16(20)22-5/h6-7,10-11,15H,8-9H2,1-5H3/t11-,15?/m0/s1. The van der Waals surface area contributed by atoms with E-state index in [9.17, 15) is 9.59 Å². The predicted octanol–water partition coefficient (Wildman–Crippen LogP) is 2.49. The van der Waals surface area contributed by atoms with Gasteiger partial charge in [-0.3, -0.25) is 14.6 Å². The van der Waals surface area contributed by atoms with Gasteiger partial charge in [-0.1, -0.05) is 0 Å². The lowest BCUT2D eigenvalue weighted by Crippen LogP contribution is -2.27. The Labute approximate surface area is 141 Å². The van der Waals surface area contributed by atoms with Crippen molar-refractivity contribution in [3.05, 3.63) is 29.6 Å². The monoisotopic (exact) mass is 334 g/mol. The van der Waals surface area contributed by atoms with Crippen molar-refractivity contribution in [1.82, 2.24) is 4.98 Å². The molecule has 3 radical (unpaired) electrons. The number of esters is 1. The second-order valence-electron chi connectivity index (χ2n) is 6.15. The Bertz CT molecular complexity index is 559. The second kappa shape index (κ2) is 8.36. The van der Waals surface area contributed by atoms with Gasteiger partial charge in [-0.2, -0.15) is 0 Å². The number of nitrogens with zero attached hydrogens (tertiary/aromatic N) is 1. The SMILES string of the molecule is COC(=O)C(C)(C)CCC(=O)c1cccnc1C([Si])[C@H](C)OC. The summed E-state index contributed by atoms with van der Waals surface area (Å²) in [5.74, 6) is -0.362. The number of hydrogen-bond acceptors (Lipinski definition) is 5. The van der Waals surface area contributed by atoms with E-state index >= 15 is 0 Å². The van der Waals surface area contributed by atoms with Crippen molar-refractivity contribution in [2.24, 2.45) is 5.41 Å². The highest BCUT2D eigenvalue weighted by Crippen LogP contribution is 2.27. The molecule has 0 saturated heterocycles. The molecular weight excluding hydrogens is 310 g/mol. The van der Waals surface area contributed by atoms with E-state index in [1.165, 1.54) is 7.11 Å². The zero-order valence-electron chi connectivity index (χ0n) is 14.4. The average molecular weight is 334 g/mol. The Hall–Kier alpha value is -1.53. The number of ketones is 1. The van der Waals surface area contributed by atoms with Crippen LogP contribution in [-0.4, -0.2) is 47.3 Å². The number of carbonyl (C=O) groups excluding carboxylic acids is 2. The molecule has 0 fully saturated rings. The first-order valence-corrected chi connectivity index (χ1v) is 8.12. The van der Waals surface area contributed by atoms with E-state index in [2.05, 4.69) is 15.2 Å². The van der Waals surface area contributed by atoms with Crippen LogP contribution in [0.15, 0.2) is 18.3 Å². The molecule has 0 spiro atoms. The van der Waals surface area contributed by atoms with Gasteiger partial charge in [0.15, 0.2) is 5.78 Å². The third kappa shape index (κ3) is 4.97. The Morgan fingerprint density at radius 2 is 2.00 bits per heavy atom. The van der Waals surface area contributed by atoms with Crippen LogP contribution in [0.4, 0.5) is 0 Å². The van der Waals surface area contributed by atoms with Gasteiger partial charge in [-0.15, -0.1) is 0 Å². The highest BCUT2D eigenvalue weighted by Gasteiger charge is 2.30. The molecule has 0 bridgehead atoms. The molecule has 5 nitrogen and oxygen atoms in total. The molecule has 1 unspecified atom stereocenters. The van der Waals surface area contributed by atoms with Crippen molar-refractivity contribution >= 4 is 22.0 Å². The summed E-state index contributed by atoms with van der Waals surface area (Å²) in [4.78, 5) is 28.6. The Kier molecular flexibility index (Phi) is 7.09. The maximum atomic E-state index is 12.6. The number of pyridine rings is 1. The molecule has 23 heavy (non-hydrogen) atoms. The number of methoxy groups -OCH3 is 2. The van der Waals surface area contributed by atoms with E-state index in [0.717, 1.165) is 0 Å². The molecule has 1 aromatic rings. The summed E-state index contributed by atoms with van der Waals surface area (Å²) in [5, 5.41) is 0. The summed E-state index contributed by atoms with van der Waals surface area (Å²) in [5.41, 5.74) is 0.324. The third-order valence-electron chi connectivity index (χ3n) is 3.99.